The molecule has 1 fully saturated rings. The zero-order valence-corrected chi connectivity index (χ0v) is 9.09. The molecule has 0 amide bonds. The molecule has 0 radical (unpaired) electrons. The quantitative estimate of drug-likeness (QED) is 0.697. The third-order valence-corrected chi connectivity index (χ3v) is 3.66. The molecule has 0 aromatic carbocycles. The van der Waals surface area contributed by atoms with Crippen molar-refractivity contribution in [2.75, 3.05) is 20.1 Å². The fraction of sp³-hybridized carbons (Fsp3) is 0.600. The lowest BCUT2D eigenvalue weighted by Gasteiger charge is -2.28. The molecule has 4 heteroatoms. The van der Waals surface area contributed by atoms with Gasteiger partial charge in [-0.2, -0.15) is 0 Å². The highest BCUT2D eigenvalue weighted by molar-refractivity contribution is 7.09. The van der Waals surface area contributed by atoms with Crippen LogP contribution in [0.15, 0.2) is 5.38 Å². The predicted octanol–water partition coefficient (Wildman–Crippen LogP) is 1.76. The molecule has 1 aliphatic heterocycles. The van der Waals surface area contributed by atoms with Gasteiger partial charge in [-0.15, -0.1) is 11.3 Å². The summed E-state index contributed by atoms with van der Waals surface area (Å²) in [6.07, 6.45) is 3.26. The molecule has 1 saturated heterocycles. The number of piperidine rings is 1. The Morgan fingerprint density at radius 3 is 3.21 bits per heavy atom. The van der Waals surface area contributed by atoms with E-state index in [2.05, 4.69) is 16.9 Å². The summed E-state index contributed by atoms with van der Waals surface area (Å²) in [7, 11) is 2.14. The fourth-order valence-corrected chi connectivity index (χ4v) is 2.80. The van der Waals surface area contributed by atoms with Gasteiger partial charge < -0.3 is 4.90 Å². The van der Waals surface area contributed by atoms with E-state index in [1.165, 1.54) is 19.4 Å². The number of aldehydes is 1. The van der Waals surface area contributed by atoms with Gasteiger partial charge in [-0.05, 0) is 26.4 Å². The molecule has 1 atom stereocenters. The van der Waals surface area contributed by atoms with Gasteiger partial charge in [0.25, 0.3) is 0 Å². The van der Waals surface area contributed by atoms with E-state index in [1.54, 1.807) is 11.3 Å². The second kappa shape index (κ2) is 4.19. The van der Waals surface area contributed by atoms with Crippen LogP contribution in [0.4, 0.5) is 0 Å². The van der Waals surface area contributed by atoms with Gasteiger partial charge in [0.05, 0.1) is 5.01 Å². The molecule has 0 saturated carbocycles. The van der Waals surface area contributed by atoms with Gasteiger partial charge in [-0.25, -0.2) is 4.98 Å². The number of carbonyl (C=O) groups excluding carboxylic acids is 1. The lowest BCUT2D eigenvalue weighted by Crippen LogP contribution is -2.30. The number of nitrogens with zero attached hydrogens (tertiary/aromatic N) is 2. The first-order valence-corrected chi connectivity index (χ1v) is 5.76. The minimum absolute atomic E-state index is 0.535. The normalized spacial score (nSPS) is 23.6. The van der Waals surface area contributed by atoms with E-state index < -0.39 is 0 Å². The lowest BCUT2D eigenvalue weighted by molar-refractivity contribution is 0.111. The van der Waals surface area contributed by atoms with E-state index in [1.807, 2.05) is 5.38 Å². The number of likely N-dealkylation sites (N-methyl/N-ethyl adjacent to an activating group) is 1. The number of carbonyl (C=O) groups is 1. The van der Waals surface area contributed by atoms with E-state index >= 15 is 0 Å². The minimum atomic E-state index is 0.535. The van der Waals surface area contributed by atoms with Crippen LogP contribution < -0.4 is 0 Å². The second-order valence-corrected chi connectivity index (χ2v) is 4.72. The zero-order chi connectivity index (χ0) is 9.97. The standard InChI is InChI=1S/C10H14N2OS/c1-12-4-2-3-8(5-12)10-11-9(6-13)7-14-10/h6-8H,2-5H2,1H3. The average Bonchev–Trinajstić information content (AvgIpc) is 2.66. The first-order valence-electron chi connectivity index (χ1n) is 4.88. The summed E-state index contributed by atoms with van der Waals surface area (Å²) in [5.41, 5.74) is 0.582. The average molecular weight is 210 g/mol. The molecule has 2 heterocycles. The van der Waals surface area contributed by atoms with Gasteiger partial charge in [-0.1, -0.05) is 0 Å². The summed E-state index contributed by atoms with van der Waals surface area (Å²) in [5, 5.41) is 2.97. The van der Waals surface area contributed by atoms with Crippen LogP contribution in [-0.4, -0.2) is 36.3 Å². The van der Waals surface area contributed by atoms with E-state index in [0.717, 1.165) is 17.8 Å². The molecule has 0 aliphatic carbocycles. The SMILES string of the molecule is CN1CCCC(c2nc(C=O)cs2)C1. The van der Waals surface area contributed by atoms with E-state index in [-0.39, 0.29) is 0 Å². The Hall–Kier alpha value is -0.740. The van der Waals surface area contributed by atoms with Crippen molar-refractivity contribution < 1.29 is 4.79 Å². The zero-order valence-electron chi connectivity index (χ0n) is 8.27. The van der Waals surface area contributed by atoms with Gasteiger partial charge in [0.2, 0.25) is 0 Å². The van der Waals surface area contributed by atoms with Crippen LogP contribution >= 0.6 is 11.3 Å². The van der Waals surface area contributed by atoms with Crippen molar-refractivity contribution in [3.63, 3.8) is 0 Å². The third kappa shape index (κ3) is 2.01. The largest absolute Gasteiger partial charge is 0.306 e. The molecule has 0 bridgehead atoms. The van der Waals surface area contributed by atoms with Gasteiger partial charge in [0.1, 0.15) is 5.69 Å². The highest BCUT2D eigenvalue weighted by atomic mass is 32.1. The number of aromatic nitrogens is 1. The molecule has 2 rings (SSSR count). The maximum atomic E-state index is 10.5. The molecule has 1 unspecified atom stereocenters. The van der Waals surface area contributed by atoms with Crippen molar-refractivity contribution in [3.05, 3.63) is 16.1 Å². The Morgan fingerprint density at radius 2 is 2.57 bits per heavy atom. The molecular weight excluding hydrogens is 196 g/mol. The van der Waals surface area contributed by atoms with Gasteiger partial charge in [-0.3, -0.25) is 4.79 Å². The van der Waals surface area contributed by atoms with Crippen LogP contribution in [0.3, 0.4) is 0 Å². The van der Waals surface area contributed by atoms with Crippen molar-refractivity contribution >= 4 is 17.6 Å². The van der Waals surface area contributed by atoms with E-state index in [9.17, 15) is 4.79 Å². The summed E-state index contributed by atoms with van der Waals surface area (Å²) >= 11 is 1.61. The van der Waals surface area contributed by atoms with Crippen LogP contribution in [0.1, 0.15) is 34.3 Å². The van der Waals surface area contributed by atoms with Crippen LogP contribution in [0.2, 0.25) is 0 Å². The minimum Gasteiger partial charge on any atom is -0.306 e. The van der Waals surface area contributed by atoms with Gasteiger partial charge >= 0.3 is 0 Å². The van der Waals surface area contributed by atoms with Crippen molar-refractivity contribution in [3.8, 4) is 0 Å². The maximum Gasteiger partial charge on any atom is 0.169 e. The first-order chi connectivity index (χ1) is 6.79. The van der Waals surface area contributed by atoms with Gasteiger partial charge in [0, 0.05) is 17.8 Å². The summed E-state index contributed by atoms with van der Waals surface area (Å²) < 4.78 is 0. The number of hydrogen-bond donors (Lipinski definition) is 0. The predicted molar refractivity (Wildman–Crippen MR) is 57.0 cm³/mol. The van der Waals surface area contributed by atoms with Gasteiger partial charge in [0.15, 0.2) is 6.29 Å². The van der Waals surface area contributed by atoms with Crippen LogP contribution in [0, 0.1) is 0 Å². The van der Waals surface area contributed by atoms with Crippen molar-refractivity contribution in [1.29, 1.82) is 0 Å². The number of rotatable bonds is 2. The maximum absolute atomic E-state index is 10.5. The van der Waals surface area contributed by atoms with Crippen LogP contribution in [-0.2, 0) is 0 Å². The Bertz CT molecular complexity index is 324. The fourth-order valence-electron chi connectivity index (χ4n) is 1.91. The smallest absolute Gasteiger partial charge is 0.169 e. The van der Waals surface area contributed by atoms with E-state index in [0.29, 0.717) is 11.6 Å². The summed E-state index contributed by atoms with van der Waals surface area (Å²) in [6, 6.07) is 0. The van der Waals surface area contributed by atoms with E-state index in [4.69, 9.17) is 0 Å². The molecule has 3 nitrogen and oxygen atoms in total. The van der Waals surface area contributed by atoms with Crippen molar-refractivity contribution in [2.24, 2.45) is 0 Å². The highest BCUT2D eigenvalue weighted by Gasteiger charge is 2.21. The molecule has 1 aliphatic rings. The Labute approximate surface area is 87.8 Å². The monoisotopic (exact) mass is 210 g/mol. The molecule has 1 aromatic heterocycles. The van der Waals surface area contributed by atoms with Crippen molar-refractivity contribution in [2.45, 2.75) is 18.8 Å². The molecule has 76 valence electrons. The number of hydrogen-bond acceptors (Lipinski definition) is 4. The molecule has 0 spiro atoms. The number of thiazole rings is 1. The second-order valence-electron chi connectivity index (χ2n) is 3.83. The molecule has 1 aromatic rings. The van der Waals surface area contributed by atoms with Crippen LogP contribution in [0.25, 0.3) is 0 Å². The van der Waals surface area contributed by atoms with Crippen molar-refractivity contribution in [1.82, 2.24) is 9.88 Å². The topological polar surface area (TPSA) is 33.2 Å². The number of likely N-dealkylation sites (tertiary alicyclic amines) is 1. The summed E-state index contributed by atoms with van der Waals surface area (Å²) in [5.74, 6) is 0.535. The molecule has 14 heavy (non-hydrogen) atoms. The molecule has 0 N–H and O–H groups in total. The lowest BCUT2D eigenvalue weighted by atomic mass is 9.99. The highest BCUT2D eigenvalue weighted by Crippen LogP contribution is 2.28. The Balaban J connectivity index is 2.09. The Morgan fingerprint density at radius 1 is 1.71 bits per heavy atom. The summed E-state index contributed by atoms with van der Waals surface area (Å²) in [4.78, 5) is 17.1. The first kappa shape index (κ1) is 9.80. The molecular formula is C10H14N2OS. The van der Waals surface area contributed by atoms with Crippen LogP contribution in [0.5, 0.6) is 0 Å². The Kier molecular flexibility index (Phi) is 2.93. The third-order valence-electron chi connectivity index (χ3n) is 2.63. The summed E-state index contributed by atoms with van der Waals surface area (Å²) in [6.45, 7) is 2.26.